The molecule has 1 aromatic carbocycles. The second kappa shape index (κ2) is 6.27. The molecule has 0 bridgehead atoms. The second-order valence-corrected chi connectivity index (χ2v) is 7.54. The predicted octanol–water partition coefficient (Wildman–Crippen LogP) is 2.94. The summed E-state index contributed by atoms with van der Waals surface area (Å²) in [5.74, 6) is 8.39. The van der Waals surface area contributed by atoms with Crippen molar-refractivity contribution in [2.24, 2.45) is 0 Å². The molecule has 0 unspecified atom stereocenters. The fourth-order valence-corrected chi connectivity index (χ4v) is 2.84. The number of rotatable bonds is 4. The van der Waals surface area contributed by atoms with Gasteiger partial charge in [0, 0.05) is 11.0 Å². The van der Waals surface area contributed by atoms with Crippen molar-refractivity contribution in [3.05, 3.63) is 41.5 Å². The van der Waals surface area contributed by atoms with E-state index >= 15 is 0 Å². The van der Waals surface area contributed by atoms with Crippen LogP contribution in [0.15, 0.2) is 33.9 Å². The molecule has 3 aromatic rings. The van der Waals surface area contributed by atoms with Crippen molar-refractivity contribution in [1.29, 1.82) is 0 Å². The zero-order valence-corrected chi connectivity index (χ0v) is 15.0. The van der Waals surface area contributed by atoms with Crippen LogP contribution >= 0.6 is 11.8 Å². The Morgan fingerprint density at radius 2 is 1.88 bits per heavy atom. The van der Waals surface area contributed by atoms with E-state index in [0.717, 1.165) is 11.4 Å². The molecule has 2 N–H and O–H groups in total. The van der Waals surface area contributed by atoms with Gasteiger partial charge in [-0.2, -0.15) is 4.98 Å². The van der Waals surface area contributed by atoms with Gasteiger partial charge in [0.15, 0.2) is 5.82 Å². The van der Waals surface area contributed by atoms with Gasteiger partial charge in [-0.3, -0.25) is 0 Å². The van der Waals surface area contributed by atoms with Gasteiger partial charge in [0.05, 0.1) is 5.75 Å². The number of aryl methyl sites for hydroxylation is 1. The number of hydrogen-bond donors (Lipinski definition) is 1. The summed E-state index contributed by atoms with van der Waals surface area (Å²) in [4.78, 5) is 4.41. The van der Waals surface area contributed by atoms with Gasteiger partial charge in [0.1, 0.15) is 0 Å². The summed E-state index contributed by atoms with van der Waals surface area (Å²) < 4.78 is 6.82. The minimum atomic E-state index is -0.163. The first kappa shape index (κ1) is 16.5. The number of benzene rings is 1. The molecule has 3 rings (SSSR count). The van der Waals surface area contributed by atoms with Crippen LogP contribution in [0.5, 0.6) is 0 Å². The first-order valence-corrected chi connectivity index (χ1v) is 8.56. The summed E-state index contributed by atoms with van der Waals surface area (Å²) in [5.41, 5.74) is 1.96. The van der Waals surface area contributed by atoms with E-state index < -0.39 is 0 Å². The lowest BCUT2D eigenvalue weighted by Crippen LogP contribution is -2.24. The SMILES string of the molecule is Cc1ccc(-c2noc(CSc3nnc(C(C)(C)C)n3N)n2)cc1. The number of aromatic nitrogens is 5. The highest BCUT2D eigenvalue weighted by Gasteiger charge is 2.23. The minimum Gasteiger partial charge on any atom is -0.338 e. The zero-order valence-electron chi connectivity index (χ0n) is 14.1. The van der Waals surface area contributed by atoms with Gasteiger partial charge in [-0.1, -0.05) is 67.5 Å². The van der Waals surface area contributed by atoms with Gasteiger partial charge in [-0.15, -0.1) is 10.2 Å². The van der Waals surface area contributed by atoms with Crippen LogP contribution < -0.4 is 5.84 Å². The molecule has 0 spiro atoms. The minimum absolute atomic E-state index is 0.163. The highest BCUT2D eigenvalue weighted by molar-refractivity contribution is 7.98. The summed E-state index contributed by atoms with van der Waals surface area (Å²) in [6.45, 7) is 8.17. The topological polar surface area (TPSA) is 95.7 Å². The van der Waals surface area contributed by atoms with E-state index in [1.54, 1.807) is 0 Å². The number of thioether (sulfide) groups is 1. The average molecular weight is 344 g/mol. The lowest BCUT2D eigenvalue weighted by molar-refractivity contribution is 0.391. The largest absolute Gasteiger partial charge is 0.338 e. The number of nitrogen functional groups attached to an aromatic ring is 1. The molecule has 0 fully saturated rings. The molecule has 0 atom stereocenters. The zero-order chi connectivity index (χ0) is 17.3. The van der Waals surface area contributed by atoms with Crippen molar-refractivity contribution >= 4 is 11.8 Å². The number of hydrogen-bond acceptors (Lipinski definition) is 7. The maximum Gasteiger partial charge on any atom is 0.237 e. The summed E-state index contributed by atoms with van der Waals surface area (Å²) in [5, 5.41) is 12.9. The van der Waals surface area contributed by atoms with Crippen LogP contribution in [-0.4, -0.2) is 25.0 Å². The van der Waals surface area contributed by atoms with Crippen LogP contribution in [0.3, 0.4) is 0 Å². The lowest BCUT2D eigenvalue weighted by Gasteiger charge is -2.16. The van der Waals surface area contributed by atoms with Crippen molar-refractivity contribution < 1.29 is 4.52 Å². The molecule has 8 heteroatoms. The maximum atomic E-state index is 6.07. The molecule has 0 saturated heterocycles. The van der Waals surface area contributed by atoms with E-state index in [9.17, 15) is 0 Å². The van der Waals surface area contributed by atoms with Gasteiger partial charge in [-0.05, 0) is 6.92 Å². The molecule has 0 saturated carbocycles. The molecular formula is C16H20N6OS. The van der Waals surface area contributed by atoms with Gasteiger partial charge < -0.3 is 10.4 Å². The van der Waals surface area contributed by atoms with Crippen molar-refractivity contribution in [2.75, 3.05) is 5.84 Å². The van der Waals surface area contributed by atoms with E-state index in [1.165, 1.54) is 22.0 Å². The van der Waals surface area contributed by atoms with Gasteiger partial charge in [-0.25, -0.2) is 4.68 Å². The number of nitrogens with zero attached hydrogens (tertiary/aromatic N) is 5. The van der Waals surface area contributed by atoms with Crippen LogP contribution in [0.4, 0.5) is 0 Å². The van der Waals surface area contributed by atoms with E-state index in [2.05, 4.69) is 20.3 Å². The monoisotopic (exact) mass is 344 g/mol. The molecule has 7 nitrogen and oxygen atoms in total. The molecule has 126 valence electrons. The third kappa shape index (κ3) is 3.43. The first-order valence-electron chi connectivity index (χ1n) is 7.58. The Hall–Kier alpha value is -2.35. The van der Waals surface area contributed by atoms with Crippen LogP contribution in [0.25, 0.3) is 11.4 Å². The Morgan fingerprint density at radius 3 is 2.50 bits per heavy atom. The van der Waals surface area contributed by atoms with Crippen molar-refractivity contribution in [3.63, 3.8) is 0 Å². The summed E-state index contributed by atoms with van der Waals surface area (Å²) in [6, 6.07) is 7.99. The molecule has 24 heavy (non-hydrogen) atoms. The Morgan fingerprint density at radius 1 is 1.17 bits per heavy atom. The van der Waals surface area contributed by atoms with Gasteiger partial charge in [0.2, 0.25) is 16.9 Å². The molecule has 2 heterocycles. The molecular weight excluding hydrogens is 324 g/mol. The lowest BCUT2D eigenvalue weighted by atomic mass is 9.96. The normalized spacial score (nSPS) is 11.8. The number of nitrogens with two attached hydrogens (primary N) is 1. The van der Waals surface area contributed by atoms with Crippen LogP contribution in [0.1, 0.15) is 38.0 Å². The Bertz CT molecular complexity index is 831. The van der Waals surface area contributed by atoms with Crippen molar-refractivity contribution in [2.45, 2.75) is 44.0 Å². The Labute approximate surface area is 144 Å². The molecule has 0 radical (unpaired) electrons. The Kier molecular flexibility index (Phi) is 4.31. The standard InChI is InChI=1S/C16H20N6OS/c1-10-5-7-11(8-6-10)13-18-12(23-21-13)9-24-15-20-19-14(22(15)17)16(2,3)4/h5-8H,9,17H2,1-4H3. The van der Waals surface area contributed by atoms with E-state index in [-0.39, 0.29) is 5.41 Å². The molecule has 0 aliphatic heterocycles. The van der Waals surface area contributed by atoms with Crippen LogP contribution in [-0.2, 0) is 11.2 Å². The van der Waals surface area contributed by atoms with Gasteiger partial charge >= 0.3 is 0 Å². The summed E-state index contributed by atoms with van der Waals surface area (Å²) in [7, 11) is 0. The third-order valence-electron chi connectivity index (χ3n) is 3.44. The van der Waals surface area contributed by atoms with E-state index in [4.69, 9.17) is 10.4 Å². The van der Waals surface area contributed by atoms with E-state index in [1.807, 2.05) is 52.0 Å². The third-order valence-corrected chi connectivity index (χ3v) is 4.37. The average Bonchev–Trinajstić information content (AvgIpc) is 3.12. The second-order valence-electron chi connectivity index (χ2n) is 6.59. The first-order chi connectivity index (χ1) is 11.3. The van der Waals surface area contributed by atoms with Crippen LogP contribution in [0, 0.1) is 6.92 Å². The van der Waals surface area contributed by atoms with Crippen LogP contribution in [0.2, 0.25) is 0 Å². The highest BCUT2D eigenvalue weighted by atomic mass is 32.2. The van der Waals surface area contributed by atoms with Crippen molar-refractivity contribution in [3.8, 4) is 11.4 Å². The molecule has 0 aliphatic carbocycles. The van der Waals surface area contributed by atoms with Crippen molar-refractivity contribution in [1.82, 2.24) is 25.0 Å². The summed E-state index contributed by atoms with van der Waals surface area (Å²) in [6.07, 6.45) is 0. The quantitative estimate of drug-likeness (QED) is 0.574. The summed E-state index contributed by atoms with van der Waals surface area (Å²) >= 11 is 1.42. The van der Waals surface area contributed by atoms with E-state index in [0.29, 0.717) is 22.6 Å². The molecule has 0 amide bonds. The fraction of sp³-hybridized carbons (Fsp3) is 0.375. The Balaban J connectivity index is 1.70. The molecule has 0 aliphatic rings. The predicted molar refractivity (Wildman–Crippen MR) is 92.9 cm³/mol. The highest BCUT2D eigenvalue weighted by Crippen LogP contribution is 2.25. The fourth-order valence-electron chi connectivity index (χ4n) is 2.15. The van der Waals surface area contributed by atoms with Gasteiger partial charge in [0.25, 0.3) is 0 Å². The smallest absolute Gasteiger partial charge is 0.237 e. The maximum absolute atomic E-state index is 6.07. The molecule has 2 aromatic heterocycles.